The molecule has 4 heteroatoms. The molecule has 0 heterocycles. The Kier molecular flexibility index (Phi) is 6.63. The molecule has 0 aromatic carbocycles. The van der Waals surface area contributed by atoms with Gasteiger partial charge in [-0.1, -0.05) is 20.3 Å². The van der Waals surface area contributed by atoms with E-state index in [1.165, 1.54) is 25.7 Å². The van der Waals surface area contributed by atoms with Crippen LogP contribution in [0.4, 0.5) is 4.79 Å². The molecule has 1 rings (SSSR count). The second kappa shape index (κ2) is 7.73. The average molecular weight is 270 g/mol. The lowest BCUT2D eigenvalue weighted by molar-refractivity contribution is 0.100. The first-order chi connectivity index (χ1) is 8.97. The van der Waals surface area contributed by atoms with Crippen LogP contribution >= 0.6 is 0 Å². The summed E-state index contributed by atoms with van der Waals surface area (Å²) in [7, 11) is 0. The number of amides is 2. The van der Waals surface area contributed by atoms with Gasteiger partial charge in [-0.3, -0.25) is 0 Å². The number of hydrogen-bond acceptors (Lipinski definition) is 2. The fraction of sp³-hybridized carbons (Fsp3) is 0.933. The molecule has 0 aromatic heterocycles. The van der Waals surface area contributed by atoms with Gasteiger partial charge in [0.2, 0.25) is 0 Å². The van der Waals surface area contributed by atoms with Crippen molar-refractivity contribution < 1.29 is 9.90 Å². The Morgan fingerprint density at radius 3 is 2.47 bits per heavy atom. The predicted molar refractivity (Wildman–Crippen MR) is 78.1 cm³/mol. The topological polar surface area (TPSA) is 61.4 Å². The van der Waals surface area contributed by atoms with Crippen LogP contribution in [0.2, 0.25) is 0 Å². The first kappa shape index (κ1) is 16.3. The molecule has 4 nitrogen and oxygen atoms in total. The Morgan fingerprint density at radius 1 is 1.32 bits per heavy atom. The zero-order valence-corrected chi connectivity index (χ0v) is 12.7. The molecule has 0 radical (unpaired) electrons. The molecule has 1 aliphatic carbocycles. The van der Waals surface area contributed by atoms with Crippen LogP contribution in [0.3, 0.4) is 0 Å². The number of nitrogens with one attached hydrogen (secondary N) is 2. The van der Waals surface area contributed by atoms with E-state index in [0.717, 1.165) is 19.4 Å². The van der Waals surface area contributed by atoms with Crippen molar-refractivity contribution in [3.63, 3.8) is 0 Å². The molecule has 112 valence electrons. The van der Waals surface area contributed by atoms with Gasteiger partial charge in [0.1, 0.15) is 0 Å². The normalized spacial score (nSPS) is 18.8. The van der Waals surface area contributed by atoms with Gasteiger partial charge < -0.3 is 15.7 Å². The maximum atomic E-state index is 11.8. The zero-order valence-electron chi connectivity index (χ0n) is 12.7. The van der Waals surface area contributed by atoms with Crippen molar-refractivity contribution in [2.45, 2.75) is 65.3 Å². The van der Waals surface area contributed by atoms with Crippen LogP contribution in [0.15, 0.2) is 0 Å². The van der Waals surface area contributed by atoms with Crippen LogP contribution in [0.1, 0.15) is 59.3 Å². The summed E-state index contributed by atoms with van der Waals surface area (Å²) in [5, 5.41) is 14.7. The molecule has 3 N–H and O–H groups in total. The van der Waals surface area contributed by atoms with Crippen molar-refractivity contribution in [3.05, 3.63) is 0 Å². The third-order valence-electron chi connectivity index (χ3n) is 4.05. The fourth-order valence-corrected chi connectivity index (χ4v) is 3.01. The van der Waals surface area contributed by atoms with Crippen molar-refractivity contribution in [1.82, 2.24) is 10.6 Å². The summed E-state index contributed by atoms with van der Waals surface area (Å²) in [6, 6.07) is 0.0510. The first-order valence-electron chi connectivity index (χ1n) is 7.63. The molecule has 2 amide bonds. The summed E-state index contributed by atoms with van der Waals surface area (Å²) < 4.78 is 0. The molecular formula is C15H30N2O2. The molecule has 0 spiro atoms. The van der Waals surface area contributed by atoms with Crippen LogP contribution in [0.5, 0.6) is 0 Å². The van der Waals surface area contributed by atoms with Gasteiger partial charge in [-0.05, 0) is 50.4 Å². The van der Waals surface area contributed by atoms with Crippen LogP contribution in [0, 0.1) is 11.3 Å². The molecule has 0 saturated heterocycles. The molecule has 1 atom stereocenters. The zero-order chi connectivity index (χ0) is 14.3. The van der Waals surface area contributed by atoms with Crippen LogP contribution in [-0.4, -0.2) is 30.3 Å². The minimum atomic E-state index is -0.0690. The van der Waals surface area contributed by atoms with E-state index >= 15 is 0 Å². The van der Waals surface area contributed by atoms with Gasteiger partial charge in [0, 0.05) is 19.2 Å². The van der Waals surface area contributed by atoms with Crippen molar-refractivity contribution >= 4 is 6.03 Å². The van der Waals surface area contributed by atoms with Crippen molar-refractivity contribution in [2.75, 3.05) is 13.2 Å². The van der Waals surface area contributed by atoms with E-state index in [-0.39, 0.29) is 18.7 Å². The second-order valence-corrected chi connectivity index (χ2v) is 6.55. The van der Waals surface area contributed by atoms with E-state index in [1.807, 2.05) is 6.92 Å². The maximum Gasteiger partial charge on any atom is 0.315 e. The monoisotopic (exact) mass is 270 g/mol. The summed E-state index contributed by atoms with van der Waals surface area (Å²) in [5.41, 5.74) is 0.347. The third kappa shape index (κ3) is 5.81. The minimum Gasteiger partial charge on any atom is -0.396 e. The van der Waals surface area contributed by atoms with Gasteiger partial charge in [0.25, 0.3) is 0 Å². The SMILES string of the molecule is CC(C)CC1(CNC(=O)NC(C)CCCO)CCC1. The van der Waals surface area contributed by atoms with E-state index in [9.17, 15) is 4.79 Å². The molecule has 1 unspecified atom stereocenters. The summed E-state index contributed by atoms with van der Waals surface area (Å²) in [6.07, 6.45) is 6.53. The highest BCUT2D eigenvalue weighted by Crippen LogP contribution is 2.45. The first-order valence-corrected chi connectivity index (χ1v) is 7.63. The summed E-state index contributed by atoms with van der Waals surface area (Å²) >= 11 is 0. The van der Waals surface area contributed by atoms with E-state index in [2.05, 4.69) is 24.5 Å². The fourth-order valence-electron chi connectivity index (χ4n) is 3.01. The van der Waals surface area contributed by atoms with E-state index < -0.39 is 0 Å². The molecule has 1 aliphatic rings. The maximum absolute atomic E-state index is 11.8. The Morgan fingerprint density at radius 2 is 2.00 bits per heavy atom. The number of carbonyl (C=O) groups excluding carboxylic acids is 1. The Bertz CT molecular complexity index is 275. The lowest BCUT2D eigenvalue weighted by Gasteiger charge is -2.43. The van der Waals surface area contributed by atoms with Crippen molar-refractivity contribution in [1.29, 1.82) is 0 Å². The Balaban J connectivity index is 2.25. The largest absolute Gasteiger partial charge is 0.396 e. The minimum absolute atomic E-state index is 0.0690. The summed E-state index contributed by atoms with van der Waals surface area (Å²) in [6.45, 7) is 7.45. The lowest BCUT2D eigenvalue weighted by Crippen LogP contribution is -2.48. The number of hydrogen-bond donors (Lipinski definition) is 3. The molecule has 19 heavy (non-hydrogen) atoms. The van der Waals surface area contributed by atoms with Gasteiger partial charge >= 0.3 is 6.03 Å². The van der Waals surface area contributed by atoms with Gasteiger partial charge in [0.05, 0.1) is 0 Å². The van der Waals surface area contributed by atoms with E-state index in [4.69, 9.17) is 5.11 Å². The molecular weight excluding hydrogens is 240 g/mol. The highest BCUT2D eigenvalue weighted by Gasteiger charge is 2.37. The molecule has 0 aliphatic heterocycles. The second-order valence-electron chi connectivity index (χ2n) is 6.55. The van der Waals surface area contributed by atoms with Gasteiger partial charge in [-0.15, -0.1) is 0 Å². The number of rotatable bonds is 8. The standard InChI is InChI=1S/C15H30N2O2/c1-12(2)10-15(7-5-8-15)11-16-14(19)17-13(3)6-4-9-18/h12-13,18H,4-11H2,1-3H3,(H2,16,17,19). The molecule has 1 saturated carbocycles. The smallest absolute Gasteiger partial charge is 0.315 e. The van der Waals surface area contributed by atoms with Crippen LogP contribution in [0.25, 0.3) is 0 Å². The Labute approximate surface area is 117 Å². The molecule has 0 bridgehead atoms. The summed E-state index contributed by atoms with van der Waals surface area (Å²) in [4.78, 5) is 11.8. The van der Waals surface area contributed by atoms with E-state index in [0.29, 0.717) is 11.3 Å². The number of aliphatic hydroxyl groups is 1. The van der Waals surface area contributed by atoms with E-state index in [1.54, 1.807) is 0 Å². The quantitative estimate of drug-likeness (QED) is 0.635. The average Bonchev–Trinajstić information content (AvgIpc) is 2.29. The molecule has 0 aromatic rings. The Hall–Kier alpha value is -0.770. The van der Waals surface area contributed by atoms with Crippen LogP contribution in [-0.2, 0) is 0 Å². The van der Waals surface area contributed by atoms with Crippen molar-refractivity contribution in [2.24, 2.45) is 11.3 Å². The number of aliphatic hydroxyl groups excluding tert-OH is 1. The summed E-state index contributed by atoms with van der Waals surface area (Å²) in [5.74, 6) is 0.689. The van der Waals surface area contributed by atoms with Crippen LogP contribution < -0.4 is 10.6 Å². The van der Waals surface area contributed by atoms with Crippen molar-refractivity contribution in [3.8, 4) is 0 Å². The third-order valence-corrected chi connectivity index (χ3v) is 4.05. The highest BCUT2D eigenvalue weighted by molar-refractivity contribution is 5.74. The molecule has 1 fully saturated rings. The highest BCUT2D eigenvalue weighted by atomic mass is 16.3. The van der Waals surface area contributed by atoms with Gasteiger partial charge in [0.15, 0.2) is 0 Å². The number of carbonyl (C=O) groups is 1. The van der Waals surface area contributed by atoms with Gasteiger partial charge in [-0.25, -0.2) is 4.79 Å². The number of urea groups is 1. The van der Waals surface area contributed by atoms with Gasteiger partial charge in [-0.2, -0.15) is 0 Å². The predicted octanol–water partition coefficient (Wildman–Crippen LogP) is 2.66. The lowest BCUT2D eigenvalue weighted by atomic mass is 9.64.